The van der Waals surface area contributed by atoms with Gasteiger partial charge in [-0.15, -0.1) is 0 Å². The minimum Gasteiger partial charge on any atom is -0.423 e. The van der Waals surface area contributed by atoms with E-state index in [1.807, 2.05) is 42.5 Å². The minimum absolute atomic E-state index is 0.113. The third-order valence-corrected chi connectivity index (χ3v) is 7.12. The standard InChI is InChI=1S/C30H23BrN2O3/c31-27-14-8-7-13-25(27)29(35)36-24-17-15-21(16-18-24)20-32-33-28(34)26-19-30(26,22-9-3-1-4-10-22)23-11-5-2-6-12-23/h1-18,20,26H,19H2,(H,33,34). The number of esters is 1. The van der Waals surface area contributed by atoms with E-state index in [9.17, 15) is 9.59 Å². The Labute approximate surface area is 218 Å². The number of rotatable bonds is 7. The van der Waals surface area contributed by atoms with Gasteiger partial charge in [-0.2, -0.15) is 5.10 Å². The molecular formula is C30H23BrN2O3. The lowest BCUT2D eigenvalue weighted by Crippen LogP contribution is -2.25. The summed E-state index contributed by atoms with van der Waals surface area (Å²) in [5.41, 5.74) is 5.85. The molecule has 6 heteroatoms. The highest BCUT2D eigenvalue weighted by Gasteiger charge is 2.60. The number of hydrogen-bond donors (Lipinski definition) is 1. The second-order valence-electron chi connectivity index (χ2n) is 8.63. The zero-order valence-electron chi connectivity index (χ0n) is 19.3. The molecule has 4 aromatic carbocycles. The van der Waals surface area contributed by atoms with Crippen LogP contribution in [0.25, 0.3) is 0 Å². The van der Waals surface area contributed by atoms with Gasteiger partial charge in [0.1, 0.15) is 5.75 Å². The number of amides is 1. The number of carbonyl (C=O) groups is 2. The molecule has 1 fully saturated rings. The van der Waals surface area contributed by atoms with Crippen molar-refractivity contribution in [3.05, 3.63) is 136 Å². The average molecular weight is 539 g/mol. The summed E-state index contributed by atoms with van der Waals surface area (Å²) in [6.07, 6.45) is 2.31. The molecule has 1 atom stereocenters. The van der Waals surface area contributed by atoms with E-state index in [2.05, 4.69) is 50.7 Å². The summed E-state index contributed by atoms with van der Waals surface area (Å²) < 4.78 is 6.12. The number of benzene rings is 4. The minimum atomic E-state index is -0.444. The predicted molar refractivity (Wildman–Crippen MR) is 143 cm³/mol. The van der Waals surface area contributed by atoms with E-state index >= 15 is 0 Å². The van der Waals surface area contributed by atoms with Gasteiger partial charge in [0.05, 0.1) is 17.7 Å². The molecule has 0 bridgehead atoms. The first-order valence-corrected chi connectivity index (χ1v) is 12.4. The van der Waals surface area contributed by atoms with Crippen LogP contribution in [0.15, 0.2) is 119 Å². The van der Waals surface area contributed by atoms with E-state index in [0.29, 0.717) is 15.8 Å². The Kier molecular flexibility index (Phi) is 6.78. The van der Waals surface area contributed by atoms with Crippen LogP contribution in [0.5, 0.6) is 5.75 Å². The molecular weight excluding hydrogens is 516 g/mol. The monoisotopic (exact) mass is 538 g/mol. The van der Waals surface area contributed by atoms with Crippen LogP contribution < -0.4 is 10.2 Å². The Hall–Kier alpha value is -4.03. The van der Waals surface area contributed by atoms with Crippen LogP contribution in [0.4, 0.5) is 0 Å². The van der Waals surface area contributed by atoms with Crippen molar-refractivity contribution < 1.29 is 14.3 Å². The molecule has 0 radical (unpaired) electrons. The zero-order valence-corrected chi connectivity index (χ0v) is 20.9. The van der Waals surface area contributed by atoms with Gasteiger partial charge in [0.2, 0.25) is 5.91 Å². The van der Waals surface area contributed by atoms with Crippen molar-refractivity contribution in [3.63, 3.8) is 0 Å². The van der Waals surface area contributed by atoms with Gasteiger partial charge in [0, 0.05) is 9.89 Å². The van der Waals surface area contributed by atoms with E-state index in [1.54, 1.807) is 48.7 Å². The molecule has 1 saturated carbocycles. The highest BCUT2D eigenvalue weighted by molar-refractivity contribution is 9.10. The quantitative estimate of drug-likeness (QED) is 0.133. The van der Waals surface area contributed by atoms with Crippen molar-refractivity contribution in [2.75, 3.05) is 0 Å². The first-order valence-electron chi connectivity index (χ1n) is 11.6. The fourth-order valence-corrected chi connectivity index (χ4v) is 4.96. The molecule has 5 rings (SSSR count). The molecule has 5 nitrogen and oxygen atoms in total. The van der Waals surface area contributed by atoms with E-state index in [1.165, 1.54) is 0 Å². The van der Waals surface area contributed by atoms with Crippen molar-refractivity contribution in [2.45, 2.75) is 11.8 Å². The second-order valence-corrected chi connectivity index (χ2v) is 9.49. The zero-order chi connectivity index (χ0) is 25.0. The van der Waals surface area contributed by atoms with Gasteiger partial charge < -0.3 is 4.74 Å². The van der Waals surface area contributed by atoms with Gasteiger partial charge in [-0.25, -0.2) is 10.2 Å². The Morgan fingerprint density at radius 3 is 2.03 bits per heavy atom. The molecule has 0 heterocycles. The highest BCUT2D eigenvalue weighted by atomic mass is 79.9. The molecule has 0 aromatic heterocycles. The van der Waals surface area contributed by atoms with Crippen molar-refractivity contribution in [1.82, 2.24) is 5.43 Å². The van der Waals surface area contributed by atoms with Crippen molar-refractivity contribution in [2.24, 2.45) is 11.0 Å². The summed E-state index contributed by atoms with van der Waals surface area (Å²) in [6, 6.07) is 34.3. The first-order chi connectivity index (χ1) is 17.6. The van der Waals surface area contributed by atoms with Crippen LogP contribution in [0, 0.1) is 5.92 Å². The number of ether oxygens (including phenoxy) is 1. The summed E-state index contributed by atoms with van der Waals surface area (Å²) >= 11 is 3.36. The Morgan fingerprint density at radius 2 is 1.42 bits per heavy atom. The van der Waals surface area contributed by atoms with Gasteiger partial charge >= 0.3 is 5.97 Å². The molecule has 1 amide bonds. The van der Waals surface area contributed by atoms with E-state index in [4.69, 9.17) is 4.74 Å². The molecule has 1 N–H and O–H groups in total. The third kappa shape index (κ3) is 4.86. The fourth-order valence-electron chi connectivity index (χ4n) is 4.51. The highest BCUT2D eigenvalue weighted by Crippen LogP contribution is 2.58. The van der Waals surface area contributed by atoms with E-state index in [-0.39, 0.29) is 17.2 Å². The maximum atomic E-state index is 13.0. The summed E-state index contributed by atoms with van der Waals surface area (Å²) in [5.74, 6) is -0.331. The lowest BCUT2D eigenvalue weighted by molar-refractivity contribution is -0.122. The molecule has 1 unspecified atom stereocenters. The van der Waals surface area contributed by atoms with Crippen LogP contribution in [-0.4, -0.2) is 18.1 Å². The summed E-state index contributed by atoms with van der Waals surface area (Å²) in [4.78, 5) is 25.4. The van der Waals surface area contributed by atoms with Gasteiger partial charge in [-0.05, 0) is 75.4 Å². The molecule has 0 spiro atoms. The van der Waals surface area contributed by atoms with Crippen molar-refractivity contribution in [3.8, 4) is 5.75 Å². The Balaban J connectivity index is 1.22. The number of hydrazone groups is 1. The molecule has 1 aliphatic rings. The number of halogens is 1. The summed E-state index contributed by atoms with van der Waals surface area (Å²) in [7, 11) is 0. The lowest BCUT2D eigenvalue weighted by Gasteiger charge is -2.18. The Bertz CT molecular complexity index is 1360. The number of carbonyl (C=O) groups excluding carboxylic acids is 2. The topological polar surface area (TPSA) is 67.8 Å². The predicted octanol–water partition coefficient (Wildman–Crippen LogP) is 6.12. The smallest absolute Gasteiger partial charge is 0.344 e. The number of hydrogen-bond acceptors (Lipinski definition) is 4. The fraction of sp³-hybridized carbons (Fsp3) is 0.100. The van der Waals surface area contributed by atoms with Gasteiger partial charge in [0.15, 0.2) is 0 Å². The summed E-state index contributed by atoms with van der Waals surface area (Å²) in [5, 5.41) is 4.17. The largest absolute Gasteiger partial charge is 0.423 e. The van der Waals surface area contributed by atoms with Gasteiger partial charge in [0.25, 0.3) is 0 Å². The van der Waals surface area contributed by atoms with Crippen LogP contribution in [0.3, 0.4) is 0 Å². The maximum Gasteiger partial charge on any atom is 0.344 e. The number of nitrogens with zero attached hydrogens (tertiary/aromatic N) is 1. The first kappa shape index (κ1) is 23.7. The molecule has 1 aliphatic carbocycles. The van der Waals surface area contributed by atoms with Crippen LogP contribution >= 0.6 is 15.9 Å². The molecule has 0 saturated heterocycles. The van der Waals surface area contributed by atoms with Crippen molar-refractivity contribution >= 4 is 34.0 Å². The average Bonchev–Trinajstić information content (AvgIpc) is 3.68. The lowest BCUT2D eigenvalue weighted by atomic mass is 9.85. The van der Waals surface area contributed by atoms with Crippen molar-refractivity contribution in [1.29, 1.82) is 0 Å². The SMILES string of the molecule is O=C(Oc1ccc(C=NNC(=O)C2CC2(c2ccccc2)c2ccccc2)cc1)c1ccccc1Br. The van der Waals surface area contributed by atoms with Gasteiger partial charge in [-0.3, -0.25) is 4.79 Å². The Morgan fingerprint density at radius 1 is 0.833 bits per heavy atom. The van der Waals surface area contributed by atoms with E-state index in [0.717, 1.165) is 23.1 Å². The molecule has 0 aliphatic heterocycles. The normalized spacial score (nSPS) is 15.9. The van der Waals surface area contributed by atoms with Crippen LogP contribution in [0.2, 0.25) is 0 Å². The number of nitrogens with one attached hydrogen (secondary N) is 1. The van der Waals surface area contributed by atoms with E-state index < -0.39 is 5.97 Å². The maximum absolute atomic E-state index is 13.0. The third-order valence-electron chi connectivity index (χ3n) is 6.43. The molecule has 178 valence electrons. The second kappa shape index (κ2) is 10.3. The summed E-state index contributed by atoms with van der Waals surface area (Å²) in [6.45, 7) is 0. The molecule has 36 heavy (non-hydrogen) atoms. The van der Waals surface area contributed by atoms with Crippen LogP contribution in [-0.2, 0) is 10.2 Å². The van der Waals surface area contributed by atoms with Gasteiger partial charge in [-0.1, -0.05) is 72.8 Å². The van der Waals surface area contributed by atoms with Crippen LogP contribution in [0.1, 0.15) is 33.5 Å². The molecule has 4 aromatic rings.